The van der Waals surface area contributed by atoms with Crippen LogP contribution in [-0.4, -0.2) is 114 Å². The smallest absolute Gasteiger partial charge is 0.410 e. The first-order valence-electron chi connectivity index (χ1n) is 20.4. The molecule has 0 aromatic heterocycles. The molecule has 16 heteroatoms. The first-order valence-corrected chi connectivity index (χ1v) is 20.4. The first-order chi connectivity index (χ1) is 27.1. The largest absolute Gasteiger partial charge is 0.444 e. The topological polar surface area (TPSA) is 212 Å². The number of carbonyl (C=O) groups excluding carboxylic acids is 8. The van der Waals surface area contributed by atoms with Crippen molar-refractivity contribution in [3.8, 4) is 0 Å². The molecule has 57 heavy (non-hydrogen) atoms. The van der Waals surface area contributed by atoms with Gasteiger partial charge in [-0.3, -0.25) is 33.6 Å². The zero-order chi connectivity index (χ0) is 41.8. The van der Waals surface area contributed by atoms with Crippen LogP contribution < -0.4 is 26.6 Å². The molecule has 1 aromatic rings. The molecule has 2 aliphatic heterocycles. The van der Waals surface area contributed by atoms with E-state index in [-0.39, 0.29) is 56.0 Å². The molecular weight excluding hydrogens is 734 g/mol. The molecule has 1 saturated carbocycles. The Morgan fingerprint density at radius 3 is 2.11 bits per heavy atom. The lowest BCUT2D eigenvalue weighted by molar-refractivity contribution is -0.144. The highest BCUT2D eigenvalue weighted by Gasteiger charge is 2.46. The van der Waals surface area contributed by atoms with E-state index in [4.69, 9.17) is 4.74 Å². The Kier molecular flexibility index (Phi) is 16.4. The van der Waals surface area contributed by atoms with Crippen molar-refractivity contribution in [2.24, 2.45) is 11.8 Å². The molecule has 1 aliphatic carbocycles. The highest BCUT2D eigenvalue weighted by molar-refractivity contribution is 6.38. The lowest BCUT2D eigenvalue weighted by atomic mass is 9.98. The third-order valence-electron chi connectivity index (χ3n) is 10.7. The molecule has 0 bridgehead atoms. The van der Waals surface area contributed by atoms with Gasteiger partial charge in [-0.1, -0.05) is 65.3 Å². The van der Waals surface area contributed by atoms with E-state index >= 15 is 0 Å². The number of nitrogens with one attached hydrogen (secondary N) is 5. The van der Waals surface area contributed by atoms with Crippen molar-refractivity contribution in [1.29, 1.82) is 0 Å². The number of rotatable bonds is 19. The normalized spacial score (nSPS) is 19.2. The van der Waals surface area contributed by atoms with Crippen molar-refractivity contribution in [3.63, 3.8) is 0 Å². The number of ketones is 1. The first kappa shape index (κ1) is 44.7. The number of amides is 7. The Labute approximate surface area is 335 Å². The number of Topliss-reactive ketones (excluding diaryl/α,β-unsaturated/α-hetero) is 1. The standard InChI is InChI=1S/C41H61N7O9/c1-7-12-30(36(51)39(54)43-28-17-18-28)44-37(52)31-21-29(57-41(56)47-20-19-26-13-8-9-14-27(26)22-47)23-48(31)40(55)35(25(4)5)46-38(53)34(24(2)3)45-33(50)16-11-10-15-32(49)42-6/h8-9,13-14,24-25,28-31,34-35H,7,10-12,15-23H2,1-6H3,(H,42,49)(H,43,54)(H,44,52)(H,45,50)(H,46,53)/t29-,30?,31?,34+,35?/m1/s1. The minimum Gasteiger partial charge on any atom is -0.444 e. The Bertz CT molecular complexity index is 1650. The summed E-state index contributed by atoms with van der Waals surface area (Å²) >= 11 is 0. The second-order valence-electron chi connectivity index (χ2n) is 16.0. The Morgan fingerprint density at radius 2 is 1.49 bits per heavy atom. The van der Waals surface area contributed by atoms with Crippen LogP contribution in [0.2, 0.25) is 0 Å². The van der Waals surface area contributed by atoms with Crippen LogP contribution >= 0.6 is 0 Å². The maximum atomic E-state index is 14.5. The summed E-state index contributed by atoms with van der Waals surface area (Å²) in [4.78, 5) is 109. The van der Waals surface area contributed by atoms with Gasteiger partial charge in [0.05, 0.1) is 12.6 Å². The predicted molar refractivity (Wildman–Crippen MR) is 210 cm³/mol. The Hall–Kier alpha value is -5.02. The lowest BCUT2D eigenvalue weighted by Gasteiger charge is -2.32. The van der Waals surface area contributed by atoms with Crippen molar-refractivity contribution in [3.05, 3.63) is 35.4 Å². The molecule has 1 aromatic carbocycles. The molecule has 5 atom stereocenters. The number of unbranched alkanes of at least 4 members (excludes halogenated alkanes) is 1. The second-order valence-corrected chi connectivity index (χ2v) is 16.0. The summed E-state index contributed by atoms with van der Waals surface area (Å²) in [7, 11) is 1.54. The van der Waals surface area contributed by atoms with Gasteiger partial charge >= 0.3 is 6.09 Å². The predicted octanol–water partition coefficient (Wildman–Crippen LogP) is 1.87. The number of benzene rings is 1. The summed E-state index contributed by atoms with van der Waals surface area (Å²) in [5.74, 6) is -4.72. The van der Waals surface area contributed by atoms with Crippen LogP contribution in [0, 0.1) is 11.8 Å². The highest BCUT2D eigenvalue weighted by Crippen LogP contribution is 2.26. The molecule has 3 aliphatic rings. The zero-order valence-corrected chi connectivity index (χ0v) is 34.2. The van der Waals surface area contributed by atoms with Gasteiger partial charge in [-0.2, -0.15) is 0 Å². The number of hydrogen-bond acceptors (Lipinski definition) is 9. The third-order valence-corrected chi connectivity index (χ3v) is 10.7. The van der Waals surface area contributed by atoms with Crippen molar-refractivity contribution in [2.75, 3.05) is 20.1 Å². The van der Waals surface area contributed by atoms with Crippen molar-refractivity contribution in [2.45, 2.75) is 142 Å². The quantitative estimate of drug-likeness (QED) is 0.102. The fourth-order valence-corrected chi connectivity index (χ4v) is 7.12. The number of fused-ring (bicyclic) bond motifs is 1. The van der Waals surface area contributed by atoms with Crippen LogP contribution in [0.1, 0.15) is 104 Å². The molecule has 0 radical (unpaired) electrons. The number of nitrogens with zero attached hydrogens (tertiary/aromatic N) is 2. The van der Waals surface area contributed by atoms with Crippen LogP contribution in [0.3, 0.4) is 0 Å². The summed E-state index contributed by atoms with van der Waals surface area (Å²) in [5.41, 5.74) is 2.16. The van der Waals surface area contributed by atoms with Crippen LogP contribution in [0.5, 0.6) is 0 Å². The van der Waals surface area contributed by atoms with E-state index in [2.05, 4.69) is 26.6 Å². The number of ether oxygens (including phenoxy) is 1. The Morgan fingerprint density at radius 1 is 0.842 bits per heavy atom. The van der Waals surface area contributed by atoms with E-state index in [1.807, 2.05) is 31.2 Å². The molecule has 16 nitrogen and oxygen atoms in total. The molecule has 0 spiro atoms. The van der Waals surface area contributed by atoms with Gasteiger partial charge in [0.15, 0.2) is 0 Å². The van der Waals surface area contributed by atoms with Gasteiger partial charge in [0, 0.05) is 45.4 Å². The van der Waals surface area contributed by atoms with Gasteiger partial charge in [0.2, 0.25) is 35.3 Å². The number of carbonyl (C=O) groups is 8. The summed E-state index contributed by atoms with van der Waals surface area (Å²) in [6, 6.07) is 3.34. The minimum absolute atomic E-state index is 0.0572. The van der Waals surface area contributed by atoms with Gasteiger partial charge in [-0.25, -0.2) is 4.79 Å². The van der Waals surface area contributed by atoms with Crippen LogP contribution in [-0.2, 0) is 51.3 Å². The van der Waals surface area contributed by atoms with E-state index in [9.17, 15) is 38.4 Å². The van der Waals surface area contributed by atoms with Gasteiger partial charge in [0.1, 0.15) is 24.2 Å². The fraction of sp³-hybridized carbons (Fsp3) is 0.659. The minimum atomic E-state index is -1.19. The molecule has 7 amide bonds. The summed E-state index contributed by atoms with van der Waals surface area (Å²) < 4.78 is 5.94. The van der Waals surface area contributed by atoms with E-state index < -0.39 is 71.7 Å². The SMILES string of the molecule is CCCC(NC(=O)C1C[C@@H](OC(=O)N2CCc3ccccc3C2)CN1C(=O)C(NC(=O)[C@@H](NC(=O)CCCCC(=O)NC)C(C)C)C(C)C)C(=O)C(=O)NC1CC1. The summed E-state index contributed by atoms with van der Waals surface area (Å²) in [6.07, 6.45) is 2.70. The molecule has 3 unspecified atom stereocenters. The highest BCUT2D eigenvalue weighted by atomic mass is 16.6. The van der Waals surface area contributed by atoms with Gasteiger partial charge in [0.25, 0.3) is 5.91 Å². The second kappa shape index (κ2) is 20.9. The van der Waals surface area contributed by atoms with E-state index in [1.165, 1.54) is 4.90 Å². The van der Waals surface area contributed by atoms with E-state index in [0.717, 1.165) is 24.0 Å². The van der Waals surface area contributed by atoms with Crippen LogP contribution in [0.15, 0.2) is 24.3 Å². The van der Waals surface area contributed by atoms with Gasteiger partial charge in [-0.05, 0) is 61.5 Å². The van der Waals surface area contributed by atoms with Crippen LogP contribution in [0.25, 0.3) is 0 Å². The molecule has 2 heterocycles. The summed E-state index contributed by atoms with van der Waals surface area (Å²) in [5, 5.41) is 13.5. The number of hydrogen-bond donors (Lipinski definition) is 5. The van der Waals surface area contributed by atoms with E-state index in [1.54, 1.807) is 39.6 Å². The zero-order valence-electron chi connectivity index (χ0n) is 34.2. The van der Waals surface area contributed by atoms with Gasteiger partial charge in [-0.15, -0.1) is 0 Å². The molecule has 1 saturated heterocycles. The summed E-state index contributed by atoms with van der Waals surface area (Å²) in [6.45, 7) is 9.46. The number of likely N-dealkylation sites (tertiary alicyclic amines) is 1. The molecule has 5 N–H and O–H groups in total. The van der Waals surface area contributed by atoms with E-state index in [0.29, 0.717) is 38.8 Å². The van der Waals surface area contributed by atoms with Crippen molar-refractivity contribution >= 4 is 47.3 Å². The average Bonchev–Trinajstić information content (AvgIpc) is 3.90. The van der Waals surface area contributed by atoms with Crippen molar-refractivity contribution in [1.82, 2.24) is 36.4 Å². The monoisotopic (exact) mass is 795 g/mol. The molecule has 4 rings (SSSR count). The van der Waals surface area contributed by atoms with Crippen molar-refractivity contribution < 1.29 is 43.1 Å². The van der Waals surface area contributed by atoms with Gasteiger partial charge < -0.3 is 41.1 Å². The molecular formula is C41H61N7O9. The lowest BCUT2D eigenvalue weighted by Crippen LogP contribution is -2.59. The molecule has 2 fully saturated rings. The Balaban J connectivity index is 1.50. The fourth-order valence-electron chi connectivity index (χ4n) is 7.12. The molecule has 314 valence electrons. The van der Waals surface area contributed by atoms with Crippen LogP contribution in [0.4, 0.5) is 4.79 Å². The maximum Gasteiger partial charge on any atom is 0.410 e. The average molecular weight is 796 g/mol. The maximum absolute atomic E-state index is 14.5. The third kappa shape index (κ3) is 12.7.